The Hall–Kier alpha value is -1.75. The molecule has 2 aromatic rings. The number of nitrogens with two attached hydrogens (primary N) is 1. The zero-order valence-electron chi connectivity index (χ0n) is 10.8. The molecule has 1 aliphatic carbocycles. The SMILES string of the molecule is CC(c1nc(C2(N)CCC2)no1)c1ccccc1F. The second-order valence-electron chi connectivity index (χ2n) is 5.21. The van der Waals surface area contributed by atoms with Gasteiger partial charge >= 0.3 is 0 Å². The smallest absolute Gasteiger partial charge is 0.234 e. The van der Waals surface area contributed by atoms with E-state index in [-0.39, 0.29) is 11.7 Å². The number of nitrogens with zero attached hydrogens (tertiary/aromatic N) is 2. The lowest BCUT2D eigenvalue weighted by molar-refractivity contribution is 0.228. The van der Waals surface area contributed by atoms with Crippen LogP contribution in [0.4, 0.5) is 4.39 Å². The molecule has 0 spiro atoms. The Morgan fingerprint density at radius 3 is 2.74 bits per heavy atom. The number of hydrogen-bond acceptors (Lipinski definition) is 4. The van der Waals surface area contributed by atoms with Crippen LogP contribution in [-0.2, 0) is 5.54 Å². The van der Waals surface area contributed by atoms with E-state index in [1.807, 2.05) is 6.92 Å². The maximum absolute atomic E-state index is 13.7. The van der Waals surface area contributed by atoms with E-state index in [1.54, 1.807) is 18.2 Å². The molecule has 3 rings (SSSR count). The van der Waals surface area contributed by atoms with E-state index >= 15 is 0 Å². The van der Waals surface area contributed by atoms with Crippen molar-refractivity contribution in [3.05, 3.63) is 47.4 Å². The van der Waals surface area contributed by atoms with Gasteiger partial charge in [0.1, 0.15) is 5.82 Å². The predicted octanol–water partition coefficient (Wildman–Crippen LogP) is 2.70. The molecule has 1 aliphatic rings. The van der Waals surface area contributed by atoms with Gasteiger partial charge in [0.05, 0.1) is 11.5 Å². The topological polar surface area (TPSA) is 64.9 Å². The molecule has 1 saturated carbocycles. The third-order valence-corrected chi connectivity index (χ3v) is 3.88. The largest absolute Gasteiger partial charge is 0.339 e. The van der Waals surface area contributed by atoms with Crippen LogP contribution < -0.4 is 5.73 Å². The normalized spacial score (nSPS) is 18.9. The van der Waals surface area contributed by atoms with Crippen LogP contribution in [0.5, 0.6) is 0 Å². The van der Waals surface area contributed by atoms with E-state index in [4.69, 9.17) is 10.3 Å². The summed E-state index contributed by atoms with van der Waals surface area (Å²) in [4.78, 5) is 4.35. The first-order valence-electron chi connectivity index (χ1n) is 6.47. The maximum atomic E-state index is 13.7. The summed E-state index contributed by atoms with van der Waals surface area (Å²) in [5.74, 6) is 0.417. The van der Waals surface area contributed by atoms with Crippen LogP contribution in [0.2, 0.25) is 0 Å². The van der Waals surface area contributed by atoms with Crippen molar-refractivity contribution >= 4 is 0 Å². The fraction of sp³-hybridized carbons (Fsp3) is 0.429. The minimum absolute atomic E-state index is 0.263. The van der Waals surface area contributed by atoms with Gasteiger partial charge in [-0.2, -0.15) is 4.98 Å². The van der Waals surface area contributed by atoms with Crippen LogP contribution >= 0.6 is 0 Å². The summed E-state index contributed by atoms with van der Waals surface area (Å²) in [6.45, 7) is 1.85. The Kier molecular flexibility index (Phi) is 2.86. The molecule has 2 N–H and O–H groups in total. The van der Waals surface area contributed by atoms with E-state index in [0.717, 1.165) is 19.3 Å². The van der Waals surface area contributed by atoms with Crippen LogP contribution in [0, 0.1) is 5.82 Å². The van der Waals surface area contributed by atoms with Crippen molar-refractivity contribution in [1.29, 1.82) is 0 Å². The highest BCUT2D eigenvalue weighted by atomic mass is 19.1. The standard InChI is InChI=1S/C14H16FN3O/c1-9(10-5-2-3-6-11(10)15)12-17-13(18-19-12)14(16)7-4-8-14/h2-3,5-6,9H,4,7-8,16H2,1H3. The van der Waals surface area contributed by atoms with Crippen molar-refractivity contribution < 1.29 is 8.91 Å². The highest BCUT2D eigenvalue weighted by Gasteiger charge is 2.39. The summed E-state index contributed by atoms with van der Waals surface area (Å²) >= 11 is 0. The minimum Gasteiger partial charge on any atom is -0.339 e. The van der Waals surface area contributed by atoms with Crippen molar-refractivity contribution in [3.8, 4) is 0 Å². The average molecular weight is 261 g/mol. The third kappa shape index (κ3) is 2.04. The molecule has 19 heavy (non-hydrogen) atoms. The van der Waals surface area contributed by atoms with E-state index < -0.39 is 5.54 Å². The first-order valence-corrected chi connectivity index (χ1v) is 6.47. The second kappa shape index (κ2) is 4.42. The van der Waals surface area contributed by atoms with Crippen molar-refractivity contribution in [1.82, 2.24) is 10.1 Å². The lowest BCUT2D eigenvalue weighted by Crippen LogP contribution is -2.44. The molecule has 1 atom stereocenters. The van der Waals surface area contributed by atoms with Gasteiger partial charge in [0.25, 0.3) is 0 Å². The Bertz CT molecular complexity index is 592. The predicted molar refractivity (Wildman–Crippen MR) is 67.9 cm³/mol. The van der Waals surface area contributed by atoms with Gasteiger partial charge in [-0.1, -0.05) is 23.4 Å². The van der Waals surface area contributed by atoms with Crippen molar-refractivity contribution in [2.75, 3.05) is 0 Å². The number of halogens is 1. The summed E-state index contributed by atoms with van der Waals surface area (Å²) in [6, 6.07) is 6.61. The van der Waals surface area contributed by atoms with Crippen LogP contribution in [0.1, 0.15) is 49.4 Å². The summed E-state index contributed by atoms with van der Waals surface area (Å²) < 4.78 is 19.0. The van der Waals surface area contributed by atoms with Gasteiger partial charge in [0.2, 0.25) is 5.89 Å². The van der Waals surface area contributed by atoms with E-state index in [9.17, 15) is 4.39 Å². The molecule has 1 unspecified atom stereocenters. The molecule has 4 nitrogen and oxygen atoms in total. The first-order chi connectivity index (χ1) is 9.10. The minimum atomic E-state index is -0.448. The maximum Gasteiger partial charge on any atom is 0.234 e. The lowest BCUT2D eigenvalue weighted by atomic mass is 9.77. The fourth-order valence-electron chi connectivity index (χ4n) is 2.35. The van der Waals surface area contributed by atoms with E-state index in [1.165, 1.54) is 6.07 Å². The zero-order valence-corrected chi connectivity index (χ0v) is 10.8. The zero-order chi connectivity index (χ0) is 13.5. The third-order valence-electron chi connectivity index (χ3n) is 3.88. The van der Waals surface area contributed by atoms with Crippen LogP contribution in [0.25, 0.3) is 0 Å². The van der Waals surface area contributed by atoms with Gasteiger partial charge in [-0.15, -0.1) is 0 Å². The van der Waals surface area contributed by atoms with Crippen molar-refractivity contribution in [3.63, 3.8) is 0 Å². The summed E-state index contributed by atoms with van der Waals surface area (Å²) in [6.07, 6.45) is 2.84. The van der Waals surface area contributed by atoms with Crippen molar-refractivity contribution in [2.24, 2.45) is 5.73 Å². The summed E-state index contributed by atoms with van der Waals surface area (Å²) in [7, 11) is 0. The Balaban J connectivity index is 1.89. The molecule has 0 amide bonds. The molecule has 1 aromatic carbocycles. The van der Waals surface area contributed by atoms with Crippen LogP contribution in [0.3, 0.4) is 0 Å². The molecule has 0 saturated heterocycles. The molecule has 0 radical (unpaired) electrons. The van der Waals surface area contributed by atoms with Gasteiger partial charge in [-0.25, -0.2) is 4.39 Å². The highest BCUT2D eigenvalue weighted by molar-refractivity contribution is 5.25. The Labute approximate surface area is 110 Å². The van der Waals surface area contributed by atoms with E-state index in [0.29, 0.717) is 17.3 Å². The molecule has 100 valence electrons. The van der Waals surface area contributed by atoms with Gasteiger partial charge in [0, 0.05) is 0 Å². The number of benzene rings is 1. The molecule has 0 aliphatic heterocycles. The lowest BCUT2D eigenvalue weighted by Gasteiger charge is -2.34. The van der Waals surface area contributed by atoms with Gasteiger partial charge in [-0.05, 0) is 37.8 Å². The molecule has 5 heteroatoms. The van der Waals surface area contributed by atoms with Crippen LogP contribution in [-0.4, -0.2) is 10.1 Å². The average Bonchev–Trinajstić information content (AvgIpc) is 2.85. The fourth-order valence-corrected chi connectivity index (χ4v) is 2.35. The number of rotatable bonds is 3. The highest BCUT2D eigenvalue weighted by Crippen LogP contribution is 2.37. The second-order valence-corrected chi connectivity index (χ2v) is 5.21. The quantitative estimate of drug-likeness (QED) is 0.922. The molecule has 1 aromatic heterocycles. The molecular formula is C14H16FN3O. The Morgan fingerprint density at radius 1 is 1.37 bits per heavy atom. The summed E-state index contributed by atoms with van der Waals surface area (Å²) in [5, 5.41) is 3.95. The molecule has 0 bridgehead atoms. The number of aromatic nitrogens is 2. The summed E-state index contributed by atoms with van der Waals surface area (Å²) in [5.41, 5.74) is 6.25. The van der Waals surface area contributed by atoms with Crippen molar-refractivity contribution in [2.45, 2.75) is 37.6 Å². The Morgan fingerprint density at radius 2 is 2.11 bits per heavy atom. The number of hydrogen-bond donors (Lipinski definition) is 1. The van der Waals surface area contributed by atoms with Gasteiger partial charge in [0.15, 0.2) is 5.82 Å². The van der Waals surface area contributed by atoms with E-state index in [2.05, 4.69) is 10.1 Å². The molecule has 1 fully saturated rings. The van der Waals surface area contributed by atoms with Crippen LogP contribution in [0.15, 0.2) is 28.8 Å². The first kappa shape index (κ1) is 12.3. The van der Waals surface area contributed by atoms with Gasteiger partial charge < -0.3 is 10.3 Å². The molecule has 1 heterocycles. The monoisotopic (exact) mass is 261 g/mol. The molecular weight excluding hydrogens is 245 g/mol. The van der Waals surface area contributed by atoms with Gasteiger partial charge in [-0.3, -0.25) is 0 Å².